The van der Waals surface area contributed by atoms with E-state index in [0.717, 1.165) is 10.0 Å². The molecule has 1 rings (SSSR count). The topological polar surface area (TPSA) is 12.0 Å². The second kappa shape index (κ2) is 7.29. The maximum Gasteiger partial charge on any atom is 0.389 e. The molecule has 1 aromatic rings. The lowest BCUT2D eigenvalue weighted by Gasteiger charge is -2.21. The van der Waals surface area contributed by atoms with Gasteiger partial charge >= 0.3 is 6.18 Å². The summed E-state index contributed by atoms with van der Waals surface area (Å²) in [5, 5.41) is 3.33. The highest BCUT2D eigenvalue weighted by Crippen LogP contribution is 2.25. The fraction of sp³-hybridized carbons (Fsp3) is 0.571. The number of alkyl halides is 3. The average Bonchev–Trinajstić information content (AvgIpc) is 2.27. The van der Waals surface area contributed by atoms with Gasteiger partial charge in [-0.3, -0.25) is 0 Å². The third-order valence-corrected chi connectivity index (χ3v) is 3.73. The van der Waals surface area contributed by atoms with E-state index in [1.807, 2.05) is 38.1 Å². The van der Waals surface area contributed by atoms with E-state index in [4.69, 9.17) is 0 Å². The van der Waals surface area contributed by atoms with E-state index < -0.39 is 12.6 Å². The molecule has 1 N–H and O–H groups in total. The van der Waals surface area contributed by atoms with Crippen molar-refractivity contribution < 1.29 is 13.2 Å². The van der Waals surface area contributed by atoms with Crippen molar-refractivity contribution in [2.24, 2.45) is 0 Å². The van der Waals surface area contributed by atoms with E-state index in [2.05, 4.69) is 21.2 Å². The Hall–Kier alpha value is -0.550. The molecule has 1 unspecified atom stereocenters. The van der Waals surface area contributed by atoms with E-state index in [1.54, 1.807) is 0 Å². The SMILES string of the molecule is CC(CCCC(F)(F)F)N[C@@H](C)c1ccccc1Br. The summed E-state index contributed by atoms with van der Waals surface area (Å²) >= 11 is 3.48. The van der Waals surface area contributed by atoms with Gasteiger partial charge in [0.25, 0.3) is 0 Å². The molecule has 0 aromatic heterocycles. The molecule has 5 heteroatoms. The standard InChI is InChI=1S/C14H19BrF3N/c1-10(6-5-9-14(16,17)18)19-11(2)12-7-3-4-8-13(12)15/h3-4,7-8,10-11,19H,5-6,9H2,1-2H3/t10?,11-/m0/s1. The summed E-state index contributed by atoms with van der Waals surface area (Å²) in [6.07, 6.45) is -4.06. The predicted octanol–water partition coefficient (Wildman–Crippen LogP) is 5.22. The summed E-state index contributed by atoms with van der Waals surface area (Å²) in [6.45, 7) is 3.93. The average molecular weight is 338 g/mol. The number of benzene rings is 1. The summed E-state index contributed by atoms with van der Waals surface area (Å²) in [4.78, 5) is 0. The second-order valence-electron chi connectivity index (χ2n) is 4.82. The van der Waals surface area contributed by atoms with Gasteiger partial charge in [-0.2, -0.15) is 13.2 Å². The molecular formula is C14H19BrF3N. The first-order chi connectivity index (χ1) is 8.79. The van der Waals surface area contributed by atoms with Crippen LogP contribution >= 0.6 is 15.9 Å². The van der Waals surface area contributed by atoms with Crippen molar-refractivity contribution in [2.45, 2.75) is 51.4 Å². The maximum absolute atomic E-state index is 12.1. The van der Waals surface area contributed by atoms with Crippen LogP contribution in [-0.2, 0) is 0 Å². The molecule has 0 radical (unpaired) electrons. The highest BCUT2D eigenvalue weighted by Gasteiger charge is 2.26. The third-order valence-electron chi connectivity index (χ3n) is 3.00. The molecular weight excluding hydrogens is 319 g/mol. The molecule has 1 aromatic carbocycles. The van der Waals surface area contributed by atoms with Crippen LogP contribution in [0.3, 0.4) is 0 Å². The molecule has 0 saturated carbocycles. The van der Waals surface area contributed by atoms with Crippen molar-refractivity contribution in [3.8, 4) is 0 Å². The van der Waals surface area contributed by atoms with E-state index in [9.17, 15) is 13.2 Å². The largest absolute Gasteiger partial charge is 0.389 e. The Balaban J connectivity index is 2.40. The van der Waals surface area contributed by atoms with Crippen molar-refractivity contribution in [3.63, 3.8) is 0 Å². The molecule has 0 amide bonds. The zero-order valence-electron chi connectivity index (χ0n) is 11.1. The zero-order chi connectivity index (χ0) is 14.5. The van der Waals surface area contributed by atoms with E-state index in [0.29, 0.717) is 6.42 Å². The molecule has 0 heterocycles. The highest BCUT2D eigenvalue weighted by atomic mass is 79.9. The Morgan fingerprint density at radius 2 is 1.84 bits per heavy atom. The Kier molecular flexibility index (Phi) is 6.33. The van der Waals surface area contributed by atoms with Crippen molar-refractivity contribution in [3.05, 3.63) is 34.3 Å². The minimum Gasteiger partial charge on any atom is -0.308 e. The summed E-state index contributed by atoms with van der Waals surface area (Å²) < 4.78 is 37.2. The van der Waals surface area contributed by atoms with E-state index in [1.165, 1.54) is 0 Å². The van der Waals surface area contributed by atoms with Gasteiger partial charge in [0.1, 0.15) is 0 Å². The van der Waals surface area contributed by atoms with Crippen molar-refractivity contribution in [1.82, 2.24) is 5.32 Å². The van der Waals surface area contributed by atoms with Gasteiger partial charge in [0, 0.05) is 23.0 Å². The van der Waals surface area contributed by atoms with Crippen LogP contribution in [0.1, 0.15) is 44.7 Å². The zero-order valence-corrected chi connectivity index (χ0v) is 12.7. The minimum absolute atomic E-state index is 0.0597. The number of rotatable bonds is 6. The number of nitrogens with one attached hydrogen (secondary N) is 1. The van der Waals surface area contributed by atoms with Gasteiger partial charge in [0.05, 0.1) is 0 Å². The van der Waals surface area contributed by atoms with Gasteiger partial charge in [-0.1, -0.05) is 34.1 Å². The van der Waals surface area contributed by atoms with E-state index >= 15 is 0 Å². The van der Waals surface area contributed by atoms with E-state index in [-0.39, 0.29) is 18.5 Å². The van der Waals surface area contributed by atoms with Crippen LogP contribution in [-0.4, -0.2) is 12.2 Å². The molecule has 0 saturated heterocycles. The van der Waals surface area contributed by atoms with Gasteiger partial charge in [-0.05, 0) is 38.3 Å². The van der Waals surface area contributed by atoms with Gasteiger partial charge in [0.15, 0.2) is 0 Å². The van der Waals surface area contributed by atoms with Crippen LogP contribution in [0.4, 0.5) is 13.2 Å². The molecule has 0 aliphatic rings. The fourth-order valence-corrected chi connectivity index (χ4v) is 2.66. The third kappa shape index (κ3) is 6.43. The van der Waals surface area contributed by atoms with Crippen molar-refractivity contribution >= 4 is 15.9 Å². The number of halogens is 4. The Bertz CT molecular complexity index is 393. The van der Waals surface area contributed by atoms with Gasteiger partial charge in [-0.25, -0.2) is 0 Å². The molecule has 0 bridgehead atoms. The molecule has 1 nitrogen and oxygen atoms in total. The summed E-state index contributed by atoms with van der Waals surface area (Å²) in [7, 11) is 0. The summed E-state index contributed by atoms with van der Waals surface area (Å²) in [5.74, 6) is 0. The summed E-state index contributed by atoms with van der Waals surface area (Å²) in [5.41, 5.74) is 1.12. The van der Waals surface area contributed by atoms with Crippen LogP contribution in [0, 0.1) is 0 Å². The predicted molar refractivity (Wildman–Crippen MR) is 75.1 cm³/mol. The van der Waals surface area contributed by atoms with Gasteiger partial charge in [0.2, 0.25) is 0 Å². The van der Waals surface area contributed by atoms with Gasteiger partial charge < -0.3 is 5.32 Å². The monoisotopic (exact) mass is 337 g/mol. The normalized spacial score (nSPS) is 15.3. The number of hydrogen-bond acceptors (Lipinski definition) is 1. The first-order valence-electron chi connectivity index (χ1n) is 6.37. The first-order valence-corrected chi connectivity index (χ1v) is 7.16. The van der Waals surface area contributed by atoms with Crippen molar-refractivity contribution in [2.75, 3.05) is 0 Å². The Morgan fingerprint density at radius 3 is 2.42 bits per heavy atom. The van der Waals surface area contributed by atoms with Crippen LogP contribution < -0.4 is 5.32 Å². The lowest BCUT2D eigenvalue weighted by atomic mass is 10.1. The summed E-state index contributed by atoms with van der Waals surface area (Å²) in [6, 6.07) is 8.02. The van der Waals surface area contributed by atoms with Crippen LogP contribution in [0.2, 0.25) is 0 Å². The minimum atomic E-state index is -4.05. The molecule has 2 atom stereocenters. The van der Waals surface area contributed by atoms with Crippen LogP contribution in [0.5, 0.6) is 0 Å². The molecule has 0 aliphatic heterocycles. The molecule has 0 fully saturated rings. The Labute approximate surface area is 120 Å². The van der Waals surface area contributed by atoms with Crippen LogP contribution in [0.15, 0.2) is 28.7 Å². The number of hydrogen-bond donors (Lipinski definition) is 1. The highest BCUT2D eigenvalue weighted by molar-refractivity contribution is 9.10. The lowest BCUT2D eigenvalue weighted by molar-refractivity contribution is -0.135. The Morgan fingerprint density at radius 1 is 1.21 bits per heavy atom. The fourth-order valence-electron chi connectivity index (χ4n) is 2.03. The molecule has 0 aliphatic carbocycles. The molecule has 19 heavy (non-hydrogen) atoms. The molecule has 0 spiro atoms. The van der Waals surface area contributed by atoms with Crippen molar-refractivity contribution in [1.29, 1.82) is 0 Å². The lowest BCUT2D eigenvalue weighted by Crippen LogP contribution is -2.29. The maximum atomic E-state index is 12.1. The first kappa shape index (κ1) is 16.5. The van der Waals surface area contributed by atoms with Crippen LogP contribution in [0.25, 0.3) is 0 Å². The molecule has 108 valence electrons. The smallest absolute Gasteiger partial charge is 0.308 e. The quantitative estimate of drug-likeness (QED) is 0.750. The van der Waals surface area contributed by atoms with Gasteiger partial charge in [-0.15, -0.1) is 0 Å². The second-order valence-corrected chi connectivity index (χ2v) is 5.67.